The van der Waals surface area contributed by atoms with Crippen LogP contribution in [-0.2, 0) is 9.47 Å². The molecule has 23 heavy (non-hydrogen) atoms. The molecule has 0 spiro atoms. The Balaban J connectivity index is 2.44. The molecule has 0 aliphatic heterocycles. The molecule has 1 rings (SSSR count). The van der Waals surface area contributed by atoms with Crippen LogP contribution >= 0.6 is 0 Å². The number of carbonyl (C=O) groups excluding carboxylic acids is 2. The zero-order valence-corrected chi connectivity index (χ0v) is 12.9. The molecule has 0 atom stereocenters. The molecule has 0 bridgehead atoms. The van der Waals surface area contributed by atoms with E-state index in [1.807, 2.05) is 30.3 Å². The number of nitrogens with one attached hydrogen (secondary N) is 2. The first-order chi connectivity index (χ1) is 11.2. The summed E-state index contributed by atoms with van der Waals surface area (Å²) in [7, 11) is 1.26. The maximum absolute atomic E-state index is 10.9. The van der Waals surface area contributed by atoms with Crippen molar-refractivity contribution in [3.8, 4) is 0 Å². The number of amides is 2. The summed E-state index contributed by atoms with van der Waals surface area (Å²) < 4.78 is 9.02. The van der Waals surface area contributed by atoms with Crippen molar-refractivity contribution in [1.82, 2.24) is 10.9 Å². The fraction of sp³-hybridized carbons (Fsp3) is 0.200. The van der Waals surface area contributed by atoms with Gasteiger partial charge in [-0.2, -0.15) is 10.2 Å². The average molecular weight is 318 g/mol. The Morgan fingerprint density at radius 2 is 1.74 bits per heavy atom. The molecule has 2 amide bonds. The summed E-state index contributed by atoms with van der Waals surface area (Å²) in [5.74, 6) is 0. The van der Waals surface area contributed by atoms with Gasteiger partial charge in [0.2, 0.25) is 0 Å². The number of hydrazone groups is 2. The molecule has 0 heterocycles. The third-order valence-electron chi connectivity index (χ3n) is 2.37. The first kappa shape index (κ1) is 17.9. The van der Waals surface area contributed by atoms with E-state index < -0.39 is 12.2 Å². The van der Waals surface area contributed by atoms with Crippen LogP contribution in [0.15, 0.2) is 40.5 Å². The highest BCUT2D eigenvalue weighted by Crippen LogP contribution is 2.04. The van der Waals surface area contributed by atoms with Gasteiger partial charge in [-0.05, 0) is 24.1 Å². The molecular weight excluding hydrogens is 300 g/mol. The van der Waals surface area contributed by atoms with E-state index in [1.165, 1.54) is 19.5 Å². The Kier molecular flexibility index (Phi) is 8.21. The molecule has 0 aliphatic rings. The van der Waals surface area contributed by atoms with Crippen molar-refractivity contribution in [2.24, 2.45) is 10.2 Å². The molecular formula is C15H18N4O4. The molecule has 0 aliphatic carbocycles. The Morgan fingerprint density at radius 1 is 1.09 bits per heavy atom. The maximum atomic E-state index is 10.9. The van der Waals surface area contributed by atoms with Crippen molar-refractivity contribution in [3.05, 3.63) is 41.5 Å². The van der Waals surface area contributed by atoms with E-state index in [4.69, 9.17) is 0 Å². The normalized spacial score (nSPS) is 11.0. The molecule has 2 N–H and O–H groups in total. The second-order valence-corrected chi connectivity index (χ2v) is 4.00. The molecule has 0 saturated heterocycles. The molecule has 0 fully saturated rings. The lowest BCUT2D eigenvalue weighted by Crippen LogP contribution is -2.18. The van der Waals surface area contributed by atoms with Gasteiger partial charge in [0.05, 0.1) is 19.9 Å². The highest BCUT2D eigenvalue weighted by atomic mass is 16.6. The van der Waals surface area contributed by atoms with Gasteiger partial charge in [-0.3, -0.25) is 0 Å². The molecule has 1 aromatic carbocycles. The minimum absolute atomic E-state index is 0.294. The Hall–Kier alpha value is -3.16. The van der Waals surface area contributed by atoms with Gasteiger partial charge in [-0.1, -0.05) is 30.3 Å². The van der Waals surface area contributed by atoms with Gasteiger partial charge in [-0.15, -0.1) is 0 Å². The van der Waals surface area contributed by atoms with E-state index >= 15 is 0 Å². The Labute approximate surface area is 133 Å². The number of methoxy groups -OCH3 is 1. The second kappa shape index (κ2) is 10.6. The van der Waals surface area contributed by atoms with Gasteiger partial charge in [0.1, 0.15) is 0 Å². The largest absolute Gasteiger partial charge is 0.452 e. The standard InChI is InChI=1S/C15H18N4O4/c1-3-23-15(21)19-16-10-4-5-12-6-8-13(9-7-12)11-17-18-14(20)22-2/h4-11H,3H2,1-2H3,(H,18,20)(H,19,21)/b5-4+,16-10+,17-11+. The number of rotatable bonds is 6. The van der Waals surface area contributed by atoms with Crippen molar-refractivity contribution in [1.29, 1.82) is 0 Å². The molecule has 0 unspecified atom stereocenters. The third kappa shape index (κ3) is 8.00. The van der Waals surface area contributed by atoms with Crippen molar-refractivity contribution in [2.75, 3.05) is 13.7 Å². The van der Waals surface area contributed by atoms with E-state index in [9.17, 15) is 9.59 Å². The third-order valence-corrected chi connectivity index (χ3v) is 2.37. The highest BCUT2D eigenvalue weighted by Gasteiger charge is 1.94. The van der Waals surface area contributed by atoms with Gasteiger partial charge >= 0.3 is 12.2 Å². The first-order valence-corrected chi connectivity index (χ1v) is 6.75. The number of allylic oxidation sites excluding steroid dienone is 1. The van der Waals surface area contributed by atoms with Crippen LogP contribution in [-0.4, -0.2) is 38.3 Å². The summed E-state index contributed by atoms with van der Waals surface area (Å²) in [6, 6.07) is 7.39. The fourth-order valence-electron chi connectivity index (χ4n) is 1.35. The van der Waals surface area contributed by atoms with Gasteiger partial charge in [0.25, 0.3) is 0 Å². The van der Waals surface area contributed by atoms with E-state index in [-0.39, 0.29) is 0 Å². The average Bonchev–Trinajstić information content (AvgIpc) is 2.56. The van der Waals surface area contributed by atoms with E-state index in [2.05, 4.69) is 30.5 Å². The number of hydrogen-bond donors (Lipinski definition) is 2. The lowest BCUT2D eigenvalue weighted by Gasteiger charge is -1.97. The molecule has 122 valence electrons. The van der Waals surface area contributed by atoms with Crippen molar-refractivity contribution < 1.29 is 19.1 Å². The minimum Gasteiger partial charge on any atom is -0.452 e. The van der Waals surface area contributed by atoms with Crippen LogP contribution < -0.4 is 10.9 Å². The topological polar surface area (TPSA) is 101 Å². The van der Waals surface area contributed by atoms with Crippen molar-refractivity contribution >= 4 is 30.7 Å². The van der Waals surface area contributed by atoms with E-state index in [1.54, 1.807) is 13.0 Å². The van der Waals surface area contributed by atoms with Crippen molar-refractivity contribution in [3.63, 3.8) is 0 Å². The molecule has 0 saturated carbocycles. The zero-order valence-electron chi connectivity index (χ0n) is 12.9. The zero-order chi connectivity index (χ0) is 16.9. The Morgan fingerprint density at radius 3 is 2.39 bits per heavy atom. The van der Waals surface area contributed by atoms with Crippen LogP contribution in [0, 0.1) is 0 Å². The summed E-state index contributed by atoms with van der Waals surface area (Å²) >= 11 is 0. The number of hydrogen-bond acceptors (Lipinski definition) is 6. The molecule has 0 aromatic heterocycles. The molecule has 8 nitrogen and oxygen atoms in total. The highest BCUT2D eigenvalue weighted by molar-refractivity contribution is 5.82. The number of nitrogens with zero attached hydrogens (tertiary/aromatic N) is 2. The lowest BCUT2D eigenvalue weighted by molar-refractivity contribution is 0.152. The van der Waals surface area contributed by atoms with E-state index in [0.717, 1.165) is 11.1 Å². The molecule has 1 aromatic rings. The SMILES string of the molecule is CCOC(=O)N/N=C/C=C/c1ccc(/C=N/NC(=O)OC)cc1. The lowest BCUT2D eigenvalue weighted by atomic mass is 10.1. The number of carbonyl (C=O) groups is 2. The summed E-state index contributed by atoms with van der Waals surface area (Å²) in [5, 5.41) is 7.40. The van der Waals surface area contributed by atoms with Crippen LogP contribution in [0.5, 0.6) is 0 Å². The predicted molar refractivity (Wildman–Crippen MR) is 87.3 cm³/mol. The summed E-state index contributed by atoms with van der Waals surface area (Å²) in [4.78, 5) is 21.7. The molecule has 0 radical (unpaired) electrons. The van der Waals surface area contributed by atoms with Gasteiger partial charge in [0, 0.05) is 6.21 Å². The minimum atomic E-state index is -0.628. The quantitative estimate of drug-likeness (QED) is 0.619. The predicted octanol–water partition coefficient (Wildman–Crippen LogP) is 2.12. The smallest absolute Gasteiger partial charge is 0.427 e. The molecule has 8 heteroatoms. The summed E-state index contributed by atoms with van der Waals surface area (Å²) in [5.41, 5.74) is 6.16. The van der Waals surface area contributed by atoms with Gasteiger partial charge in [0.15, 0.2) is 0 Å². The van der Waals surface area contributed by atoms with E-state index in [0.29, 0.717) is 6.61 Å². The maximum Gasteiger partial charge on any atom is 0.427 e. The number of benzene rings is 1. The van der Waals surface area contributed by atoms with Crippen molar-refractivity contribution in [2.45, 2.75) is 6.92 Å². The fourth-order valence-corrected chi connectivity index (χ4v) is 1.35. The van der Waals surface area contributed by atoms with Gasteiger partial charge in [-0.25, -0.2) is 20.4 Å². The summed E-state index contributed by atoms with van der Waals surface area (Å²) in [6.45, 7) is 2.01. The van der Waals surface area contributed by atoms with Crippen LogP contribution in [0.2, 0.25) is 0 Å². The number of ether oxygens (including phenoxy) is 2. The van der Waals surface area contributed by atoms with Crippen LogP contribution in [0.3, 0.4) is 0 Å². The Bertz CT molecular complexity index is 594. The first-order valence-electron chi connectivity index (χ1n) is 6.75. The monoisotopic (exact) mass is 318 g/mol. The van der Waals surface area contributed by atoms with Crippen LogP contribution in [0.4, 0.5) is 9.59 Å². The van der Waals surface area contributed by atoms with Gasteiger partial charge < -0.3 is 9.47 Å². The summed E-state index contributed by atoms with van der Waals surface area (Å²) in [6.07, 6.45) is 5.19. The van der Waals surface area contributed by atoms with Crippen LogP contribution in [0.1, 0.15) is 18.1 Å². The second-order valence-electron chi connectivity index (χ2n) is 4.00. The van der Waals surface area contributed by atoms with Crippen LogP contribution in [0.25, 0.3) is 6.08 Å².